The molecule has 0 spiro atoms. The Bertz CT molecular complexity index is 1010. The quantitative estimate of drug-likeness (QED) is 0.317. The predicted octanol–water partition coefficient (Wildman–Crippen LogP) is 5.66. The summed E-state index contributed by atoms with van der Waals surface area (Å²) in [5.41, 5.74) is 3.87. The van der Waals surface area contributed by atoms with Crippen molar-refractivity contribution in [1.82, 2.24) is 9.97 Å². The third-order valence-corrected chi connectivity index (χ3v) is 8.02. The molecule has 0 aliphatic heterocycles. The minimum Gasteiger partial charge on any atom is -0.465 e. The molecule has 1 saturated carbocycles. The molecule has 1 aromatic heterocycles. The van der Waals surface area contributed by atoms with E-state index in [4.69, 9.17) is 9.72 Å². The average molecular weight is 455 g/mol. The number of esters is 1. The van der Waals surface area contributed by atoms with Crippen molar-refractivity contribution in [3.05, 3.63) is 45.7 Å². The summed E-state index contributed by atoms with van der Waals surface area (Å²) in [4.78, 5) is 33.5. The SMILES string of the molecule is CCCCC1(C2CCCCC2)Cc2ccccc2-c2nc(SCC(=O)OCC)[nH]c(=O)c21. The lowest BCUT2D eigenvalue weighted by Gasteiger charge is -2.46. The molecule has 32 heavy (non-hydrogen) atoms. The number of carbonyl (C=O) groups excluding carboxylic acids is 1. The summed E-state index contributed by atoms with van der Waals surface area (Å²) < 4.78 is 5.04. The first-order valence-electron chi connectivity index (χ1n) is 12.1. The number of ether oxygens (including phenoxy) is 1. The average Bonchev–Trinajstić information content (AvgIpc) is 2.82. The molecule has 4 rings (SSSR count). The minimum atomic E-state index is -0.294. The van der Waals surface area contributed by atoms with E-state index in [-0.39, 0.29) is 22.7 Å². The van der Waals surface area contributed by atoms with E-state index in [0.29, 0.717) is 17.7 Å². The molecular weight excluding hydrogens is 420 g/mol. The van der Waals surface area contributed by atoms with E-state index in [9.17, 15) is 9.59 Å². The molecule has 1 N–H and O–H groups in total. The highest BCUT2D eigenvalue weighted by atomic mass is 32.2. The molecule has 0 radical (unpaired) electrons. The summed E-state index contributed by atoms with van der Waals surface area (Å²) in [6, 6.07) is 8.41. The second-order valence-electron chi connectivity index (χ2n) is 9.12. The first-order valence-corrected chi connectivity index (χ1v) is 13.1. The number of benzene rings is 1. The van der Waals surface area contributed by atoms with Gasteiger partial charge in [-0.05, 0) is 44.1 Å². The van der Waals surface area contributed by atoms with Gasteiger partial charge in [-0.3, -0.25) is 9.59 Å². The number of carbonyl (C=O) groups is 1. The number of aromatic nitrogens is 2. The lowest BCUT2D eigenvalue weighted by molar-refractivity contribution is -0.139. The molecule has 172 valence electrons. The molecular formula is C26H34N2O3S. The van der Waals surface area contributed by atoms with E-state index in [0.717, 1.165) is 42.5 Å². The largest absolute Gasteiger partial charge is 0.465 e. The van der Waals surface area contributed by atoms with Crippen LogP contribution in [0, 0.1) is 5.92 Å². The van der Waals surface area contributed by atoms with Crippen LogP contribution >= 0.6 is 11.8 Å². The molecule has 6 heteroatoms. The second kappa shape index (κ2) is 10.2. The van der Waals surface area contributed by atoms with Crippen LogP contribution in [0.4, 0.5) is 0 Å². The Kier molecular flexibility index (Phi) is 7.39. The van der Waals surface area contributed by atoms with Crippen LogP contribution in [-0.4, -0.2) is 28.3 Å². The molecule has 0 amide bonds. The van der Waals surface area contributed by atoms with Gasteiger partial charge in [-0.2, -0.15) is 0 Å². The second-order valence-corrected chi connectivity index (χ2v) is 10.1. The summed E-state index contributed by atoms with van der Waals surface area (Å²) in [6.45, 7) is 4.37. The monoisotopic (exact) mass is 454 g/mol. The summed E-state index contributed by atoms with van der Waals surface area (Å²) in [6.07, 6.45) is 10.3. The first kappa shape index (κ1) is 23.1. The van der Waals surface area contributed by atoms with Gasteiger partial charge in [0.15, 0.2) is 5.16 Å². The Balaban J connectivity index is 1.82. The van der Waals surface area contributed by atoms with Crippen molar-refractivity contribution in [2.45, 2.75) is 82.2 Å². The van der Waals surface area contributed by atoms with E-state index in [1.165, 1.54) is 49.4 Å². The van der Waals surface area contributed by atoms with Gasteiger partial charge in [0.2, 0.25) is 0 Å². The van der Waals surface area contributed by atoms with Gasteiger partial charge in [0.1, 0.15) is 0 Å². The summed E-state index contributed by atoms with van der Waals surface area (Å²) in [5, 5.41) is 0.492. The number of H-pyrrole nitrogens is 1. The zero-order chi connectivity index (χ0) is 22.6. The van der Waals surface area contributed by atoms with Gasteiger partial charge in [-0.15, -0.1) is 0 Å². The number of aromatic amines is 1. The maximum Gasteiger partial charge on any atom is 0.316 e. The Labute approximate surface area is 194 Å². The van der Waals surface area contributed by atoms with Crippen molar-refractivity contribution >= 4 is 17.7 Å². The molecule has 1 fully saturated rings. The van der Waals surface area contributed by atoms with Crippen LogP contribution in [0.2, 0.25) is 0 Å². The maximum atomic E-state index is 13.7. The van der Waals surface area contributed by atoms with Crippen molar-refractivity contribution in [2.75, 3.05) is 12.4 Å². The van der Waals surface area contributed by atoms with E-state index in [1.807, 2.05) is 6.07 Å². The van der Waals surface area contributed by atoms with E-state index >= 15 is 0 Å². The first-order chi connectivity index (χ1) is 15.6. The topological polar surface area (TPSA) is 72.0 Å². The van der Waals surface area contributed by atoms with E-state index < -0.39 is 0 Å². The van der Waals surface area contributed by atoms with Crippen molar-refractivity contribution in [3.8, 4) is 11.3 Å². The highest BCUT2D eigenvalue weighted by Gasteiger charge is 2.47. The maximum absolute atomic E-state index is 13.7. The number of nitrogens with zero attached hydrogens (tertiary/aromatic N) is 1. The van der Waals surface area contributed by atoms with Crippen molar-refractivity contribution in [3.63, 3.8) is 0 Å². The molecule has 2 aromatic rings. The van der Waals surface area contributed by atoms with Gasteiger partial charge >= 0.3 is 5.97 Å². The highest BCUT2D eigenvalue weighted by Crippen LogP contribution is 2.51. The molecule has 2 aliphatic carbocycles. The van der Waals surface area contributed by atoms with Crippen molar-refractivity contribution in [1.29, 1.82) is 0 Å². The van der Waals surface area contributed by atoms with Crippen molar-refractivity contribution in [2.24, 2.45) is 5.92 Å². The smallest absolute Gasteiger partial charge is 0.316 e. The summed E-state index contributed by atoms with van der Waals surface area (Å²) in [5.74, 6) is 0.356. The van der Waals surface area contributed by atoms with Gasteiger partial charge in [0.25, 0.3) is 5.56 Å². The van der Waals surface area contributed by atoms with E-state index in [1.54, 1.807) is 6.92 Å². The number of nitrogens with one attached hydrogen (secondary N) is 1. The van der Waals surface area contributed by atoms with Gasteiger partial charge in [-0.1, -0.05) is 75.1 Å². The lowest BCUT2D eigenvalue weighted by Crippen LogP contribution is -2.45. The molecule has 1 heterocycles. The fourth-order valence-electron chi connectivity index (χ4n) is 5.75. The zero-order valence-corrected chi connectivity index (χ0v) is 20.1. The summed E-state index contributed by atoms with van der Waals surface area (Å²) in [7, 11) is 0. The van der Waals surface area contributed by atoms with Gasteiger partial charge in [-0.25, -0.2) is 4.98 Å². The van der Waals surface area contributed by atoms with E-state index in [2.05, 4.69) is 30.1 Å². The van der Waals surface area contributed by atoms with Crippen LogP contribution in [0.1, 0.15) is 76.3 Å². The number of unbranched alkanes of at least 4 members (excludes halogenated alkanes) is 1. The number of fused-ring (bicyclic) bond motifs is 3. The van der Waals surface area contributed by atoms with Crippen LogP contribution in [0.5, 0.6) is 0 Å². The van der Waals surface area contributed by atoms with Gasteiger partial charge in [0.05, 0.1) is 23.6 Å². The molecule has 5 nitrogen and oxygen atoms in total. The number of thioether (sulfide) groups is 1. The Morgan fingerprint density at radius 2 is 2.00 bits per heavy atom. The summed E-state index contributed by atoms with van der Waals surface area (Å²) >= 11 is 1.24. The molecule has 1 aromatic carbocycles. The molecule has 1 unspecified atom stereocenters. The molecule has 1 atom stereocenters. The zero-order valence-electron chi connectivity index (χ0n) is 19.2. The number of hydrogen-bond acceptors (Lipinski definition) is 5. The fraction of sp³-hybridized carbons (Fsp3) is 0.577. The number of hydrogen-bond donors (Lipinski definition) is 1. The van der Waals surface area contributed by atoms with Crippen molar-refractivity contribution < 1.29 is 9.53 Å². The van der Waals surface area contributed by atoms with Gasteiger partial charge in [0, 0.05) is 11.0 Å². The number of rotatable bonds is 8. The molecule has 0 saturated heterocycles. The van der Waals surface area contributed by atoms with Crippen LogP contribution in [0.3, 0.4) is 0 Å². The Hall–Kier alpha value is -2.08. The van der Waals surface area contributed by atoms with Crippen LogP contribution in [0.15, 0.2) is 34.2 Å². The highest BCUT2D eigenvalue weighted by molar-refractivity contribution is 7.99. The minimum absolute atomic E-state index is 0.0301. The Morgan fingerprint density at radius 1 is 1.22 bits per heavy atom. The molecule has 0 bridgehead atoms. The van der Waals surface area contributed by atoms with Crippen LogP contribution in [-0.2, 0) is 21.4 Å². The third kappa shape index (κ3) is 4.52. The Morgan fingerprint density at radius 3 is 2.75 bits per heavy atom. The molecule has 2 aliphatic rings. The van der Waals surface area contributed by atoms with Crippen LogP contribution in [0.25, 0.3) is 11.3 Å². The third-order valence-electron chi connectivity index (χ3n) is 7.17. The lowest BCUT2D eigenvalue weighted by atomic mass is 9.57. The predicted molar refractivity (Wildman–Crippen MR) is 129 cm³/mol. The van der Waals surface area contributed by atoms with Gasteiger partial charge < -0.3 is 9.72 Å². The normalized spacial score (nSPS) is 20.4. The van der Waals surface area contributed by atoms with Crippen LogP contribution < -0.4 is 5.56 Å². The fourth-order valence-corrected chi connectivity index (χ4v) is 6.41. The standard InChI is InChI=1S/C26H34N2O3S/c1-3-5-15-26(19-12-7-6-8-13-19)16-18-11-9-10-14-20(18)23-22(26)24(30)28-25(27-23)32-17-21(29)31-4-2/h9-11,14,19H,3-8,12-13,15-17H2,1-2H3,(H,27,28,30).